The Labute approximate surface area is 102 Å². The fourth-order valence-corrected chi connectivity index (χ4v) is 1.61. The third-order valence-corrected chi connectivity index (χ3v) is 2.38. The van der Waals surface area contributed by atoms with Gasteiger partial charge in [-0.25, -0.2) is 9.18 Å². The molecule has 0 radical (unpaired) electrons. The van der Waals surface area contributed by atoms with Crippen LogP contribution in [0.4, 0.5) is 4.39 Å². The highest BCUT2D eigenvalue weighted by molar-refractivity contribution is 5.95. The van der Waals surface area contributed by atoms with Crippen LogP contribution in [0.15, 0.2) is 28.8 Å². The highest BCUT2D eigenvalue weighted by Crippen LogP contribution is 2.27. The molecular weight excluding hydrogens is 241 g/mol. The molecule has 0 amide bonds. The average Bonchev–Trinajstić information content (AvgIpc) is 2.74. The first kappa shape index (κ1) is 12.3. The Hall–Kier alpha value is -2.21. The summed E-state index contributed by atoms with van der Waals surface area (Å²) in [6.45, 7) is -0.0386. The minimum Gasteiger partial charge on any atom is -0.477 e. The Morgan fingerprint density at radius 2 is 2.22 bits per heavy atom. The van der Waals surface area contributed by atoms with E-state index in [0.717, 1.165) is 0 Å². The third kappa shape index (κ3) is 2.10. The molecule has 0 saturated heterocycles. The largest absolute Gasteiger partial charge is 0.477 e. The number of hydrogen-bond acceptors (Lipinski definition) is 4. The molecule has 0 aliphatic carbocycles. The average molecular weight is 251 g/mol. The lowest BCUT2D eigenvalue weighted by molar-refractivity contribution is 0.0688. The number of rotatable bonds is 4. The maximum atomic E-state index is 13.6. The Kier molecular flexibility index (Phi) is 3.38. The van der Waals surface area contributed by atoms with E-state index < -0.39 is 11.8 Å². The van der Waals surface area contributed by atoms with Crippen LogP contribution in [-0.4, -0.2) is 23.3 Å². The second-order valence-corrected chi connectivity index (χ2v) is 3.55. The van der Waals surface area contributed by atoms with Crippen LogP contribution in [0.5, 0.6) is 0 Å². The van der Waals surface area contributed by atoms with Gasteiger partial charge in [-0.1, -0.05) is 17.3 Å². The Bertz CT molecular complexity index is 579. The normalized spacial score (nSPS) is 10.6. The summed E-state index contributed by atoms with van der Waals surface area (Å²) in [5.41, 5.74) is -0.129. The monoisotopic (exact) mass is 251 g/mol. The highest BCUT2D eigenvalue weighted by Gasteiger charge is 2.24. The molecule has 0 spiro atoms. The topological polar surface area (TPSA) is 72.6 Å². The predicted molar refractivity (Wildman–Crippen MR) is 59.6 cm³/mol. The number of hydrogen-bond donors (Lipinski definition) is 1. The highest BCUT2D eigenvalue weighted by atomic mass is 19.1. The minimum absolute atomic E-state index is 0.0346. The maximum Gasteiger partial charge on any atom is 0.341 e. The van der Waals surface area contributed by atoms with E-state index in [-0.39, 0.29) is 29.2 Å². The molecule has 0 atom stereocenters. The SMILES string of the molecule is COCc1onc(-c2ccccc2F)c1C(=O)O. The van der Waals surface area contributed by atoms with Gasteiger partial charge in [0.1, 0.15) is 23.7 Å². The van der Waals surface area contributed by atoms with Crippen molar-refractivity contribution >= 4 is 5.97 Å². The van der Waals surface area contributed by atoms with E-state index in [9.17, 15) is 9.18 Å². The number of ether oxygens (including phenoxy) is 1. The quantitative estimate of drug-likeness (QED) is 0.902. The molecule has 0 aliphatic heterocycles. The van der Waals surface area contributed by atoms with Gasteiger partial charge < -0.3 is 14.4 Å². The van der Waals surface area contributed by atoms with Crippen LogP contribution in [0.2, 0.25) is 0 Å². The number of benzene rings is 1. The number of methoxy groups -OCH3 is 1. The van der Waals surface area contributed by atoms with E-state index in [1.54, 1.807) is 6.07 Å². The van der Waals surface area contributed by atoms with Crippen molar-refractivity contribution in [3.8, 4) is 11.3 Å². The Morgan fingerprint density at radius 1 is 1.50 bits per heavy atom. The fourth-order valence-electron chi connectivity index (χ4n) is 1.61. The van der Waals surface area contributed by atoms with Crippen molar-refractivity contribution in [2.75, 3.05) is 7.11 Å². The van der Waals surface area contributed by atoms with Gasteiger partial charge in [-0.3, -0.25) is 0 Å². The summed E-state index contributed by atoms with van der Waals surface area (Å²) in [5.74, 6) is -1.73. The number of nitrogens with zero attached hydrogens (tertiary/aromatic N) is 1. The minimum atomic E-state index is -1.23. The number of carboxylic acids is 1. The summed E-state index contributed by atoms with van der Waals surface area (Å²) in [7, 11) is 1.40. The molecule has 1 N–H and O–H groups in total. The summed E-state index contributed by atoms with van der Waals surface area (Å²) >= 11 is 0. The molecule has 18 heavy (non-hydrogen) atoms. The van der Waals surface area contributed by atoms with E-state index in [2.05, 4.69) is 5.16 Å². The molecule has 2 rings (SSSR count). The third-order valence-electron chi connectivity index (χ3n) is 2.38. The molecule has 0 bridgehead atoms. The predicted octanol–water partition coefficient (Wildman–Crippen LogP) is 2.33. The van der Waals surface area contributed by atoms with E-state index >= 15 is 0 Å². The van der Waals surface area contributed by atoms with Crippen molar-refractivity contribution in [3.05, 3.63) is 41.4 Å². The standard InChI is InChI=1S/C12H10FNO4/c1-17-6-9-10(12(15)16)11(14-18-9)7-4-2-3-5-8(7)13/h2-5H,6H2,1H3,(H,15,16). The van der Waals surface area contributed by atoms with Crippen LogP contribution in [-0.2, 0) is 11.3 Å². The Balaban J connectivity index is 2.58. The Morgan fingerprint density at radius 3 is 2.83 bits per heavy atom. The van der Waals surface area contributed by atoms with Crippen LogP contribution in [0.1, 0.15) is 16.1 Å². The molecule has 5 nitrogen and oxygen atoms in total. The van der Waals surface area contributed by atoms with Gasteiger partial charge in [0, 0.05) is 12.7 Å². The lowest BCUT2D eigenvalue weighted by Gasteiger charge is -2.00. The second kappa shape index (κ2) is 4.97. The van der Waals surface area contributed by atoms with Gasteiger partial charge in [-0.15, -0.1) is 0 Å². The lowest BCUT2D eigenvalue weighted by Crippen LogP contribution is -2.02. The van der Waals surface area contributed by atoms with Crippen molar-refractivity contribution in [1.29, 1.82) is 0 Å². The van der Waals surface area contributed by atoms with Crippen LogP contribution < -0.4 is 0 Å². The summed E-state index contributed by atoms with van der Waals surface area (Å²) in [4.78, 5) is 11.2. The molecule has 2 aromatic rings. The maximum absolute atomic E-state index is 13.6. The zero-order chi connectivity index (χ0) is 13.1. The van der Waals surface area contributed by atoms with E-state index in [0.29, 0.717) is 0 Å². The number of carboxylic acid groups (broad SMARTS) is 1. The molecule has 0 saturated carbocycles. The summed E-state index contributed by atoms with van der Waals surface area (Å²) in [6.07, 6.45) is 0. The first-order chi connectivity index (χ1) is 8.65. The van der Waals surface area contributed by atoms with Crippen LogP contribution in [0, 0.1) is 5.82 Å². The van der Waals surface area contributed by atoms with Gasteiger partial charge in [-0.2, -0.15) is 0 Å². The van der Waals surface area contributed by atoms with E-state index in [1.165, 1.54) is 25.3 Å². The van der Waals surface area contributed by atoms with Crippen molar-refractivity contribution in [2.24, 2.45) is 0 Å². The van der Waals surface area contributed by atoms with Crippen LogP contribution >= 0.6 is 0 Å². The molecule has 0 fully saturated rings. The van der Waals surface area contributed by atoms with Gasteiger partial charge >= 0.3 is 5.97 Å². The van der Waals surface area contributed by atoms with Gasteiger partial charge in [-0.05, 0) is 12.1 Å². The van der Waals surface area contributed by atoms with Gasteiger partial charge in [0.25, 0.3) is 0 Å². The molecule has 1 heterocycles. The molecule has 1 aromatic carbocycles. The lowest BCUT2D eigenvalue weighted by atomic mass is 10.1. The summed E-state index contributed by atoms with van der Waals surface area (Å²) < 4.78 is 23.3. The molecule has 94 valence electrons. The van der Waals surface area contributed by atoms with E-state index in [4.69, 9.17) is 14.4 Å². The summed E-state index contributed by atoms with van der Waals surface area (Å²) in [5, 5.41) is 12.7. The van der Waals surface area contributed by atoms with Gasteiger partial charge in [0.2, 0.25) is 0 Å². The fraction of sp³-hybridized carbons (Fsp3) is 0.167. The van der Waals surface area contributed by atoms with E-state index in [1.807, 2.05) is 0 Å². The number of carbonyl (C=O) groups is 1. The van der Waals surface area contributed by atoms with Crippen molar-refractivity contribution in [1.82, 2.24) is 5.16 Å². The van der Waals surface area contributed by atoms with Crippen LogP contribution in [0.3, 0.4) is 0 Å². The van der Waals surface area contributed by atoms with Crippen molar-refractivity contribution in [2.45, 2.75) is 6.61 Å². The smallest absolute Gasteiger partial charge is 0.341 e. The molecule has 0 unspecified atom stereocenters. The van der Waals surface area contributed by atoms with Crippen molar-refractivity contribution in [3.63, 3.8) is 0 Å². The first-order valence-corrected chi connectivity index (χ1v) is 5.10. The molecule has 1 aromatic heterocycles. The zero-order valence-corrected chi connectivity index (χ0v) is 9.51. The molecule has 0 aliphatic rings. The van der Waals surface area contributed by atoms with Gasteiger partial charge in [0.15, 0.2) is 5.76 Å². The van der Waals surface area contributed by atoms with Crippen molar-refractivity contribution < 1.29 is 23.6 Å². The number of aromatic nitrogens is 1. The van der Waals surface area contributed by atoms with Gasteiger partial charge in [0.05, 0.1) is 0 Å². The molecular formula is C12H10FNO4. The first-order valence-electron chi connectivity index (χ1n) is 5.10. The second-order valence-electron chi connectivity index (χ2n) is 3.55. The summed E-state index contributed by atoms with van der Waals surface area (Å²) in [6, 6.07) is 5.77. The number of halogens is 1. The van der Waals surface area contributed by atoms with Crippen LogP contribution in [0.25, 0.3) is 11.3 Å². The zero-order valence-electron chi connectivity index (χ0n) is 9.51. The number of aromatic carboxylic acids is 1. The molecule has 6 heteroatoms.